The minimum absolute atomic E-state index is 0.0155. The van der Waals surface area contributed by atoms with E-state index in [1.165, 1.54) is 31.4 Å². The Hall–Kier alpha value is -2.08. The van der Waals surface area contributed by atoms with Crippen molar-refractivity contribution in [1.29, 1.82) is 0 Å². The van der Waals surface area contributed by atoms with Gasteiger partial charge in [0.25, 0.3) is 0 Å². The molecule has 0 bridgehead atoms. The summed E-state index contributed by atoms with van der Waals surface area (Å²) in [4.78, 5) is 15.1. The zero-order chi connectivity index (χ0) is 15.6. The van der Waals surface area contributed by atoms with E-state index in [-0.39, 0.29) is 16.4 Å². The molecule has 3 nitrogen and oxygen atoms in total. The van der Waals surface area contributed by atoms with Gasteiger partial charge in [0.15, 0.2) is 0 Å². The van der Waals surface area contributed by atoms with Gasteiger partial charge in [-0.2, -0.15) is 13.2 Å². The minimum atomic E-state index is -4.44. The molecule has 0 fully saturated rings. The number of carbonyl (C=O) groups is 1. The van der Waals surface area contributed by atoms with Gasteiger partial charge in [-0.3, -0.25) is 0 Å². The highest BCUT2D eigenvalue weighted by Gasteiger charge is 2.30. The van der Waals surface area contributed by atoms with E-state index in [0.717, 1.165) is 12.1 Å². The van der Waals surface area contributed by atoms with E-state index in [4.69, 9.17) is 11.6 Å². The molecule has 0 saturated heterocycles. The molecule has 0 radical (unpaired) electrons. The largest absolute Gasteiger partial charge is 0.464 e. The van der Waals surface area contributed by atoms with E-state index in [1.54, 1.807) is 0 Å². The fraction of sp³-hybridized carbons (Fsp3) is 0.143. The molecule has 7 heteroatoms. The summed E-state index contributed by atoms with van der Waals surface area (Å²) in [6, 6.07) is 7.47. The number of hydrogen-bond acceptors (Lipinski definition) is 3. The maximum absolute atomic E-state index is 12.7. The van der Waals surface area contributed by atoms with Crippen molar-refractivity contribution >= 4 is 17.6 Å². The molecule has 0 aliphatic rings. The van der Waals surface area contributed by atoms with Crippen LogP contribution in [0.5, 0.6) is 0 Å². The van der Waals surface area contributed by atoms with E-state index in [0.29, 0.717) is 5.56 Å². The highest BCUT2D eigenvalue weighted by molar-refractivity contribution is 6.32. The zero-order valence-corrected chi connectivity index (χ0v) is 11.5. The van der Waals surface area contributed by atoms with E-state index in [2.05, 4.69) is 9.72 Å². The second-order valence-corrected chi connectivity index (χ2v) is 4.46. The SMILES string of the molecule is COC(=O)c1ccc(-c2cccc(C(F)(F)F)c2)c(Cl)n1. The van der Waals surface area contributed by atoms with Crippen LogP contribution in [0.2, 0.25) is 5.15 Å². The van der Waals surface area contributed by atoms with Gasteiger partial charge in [0, 0.05) is 5.56 Å². The van der Waals surface area contributed by atoms with E-state index in [1.807, 2.05) is 0 Å². The van der Waals surface area contributed by atoms with Gasteiger partial charge in [-0.05, 0) is 29.8 Å². The maximum atomic E-state index is 12.7. The molecule has 0 amide bonds. The normalized spacial score (nSPS) is 11.3. The molecule has 0 spiro atoms. The van der Waals surface area contributed by atoms with Crippen LogP contribution in [0.1, 0.15) is 16.1 Å². The molecule has 0 aliphatic carbocycles. The third-order valence-electron chi connectivity index (χ3n) is 2.74. The summed E-state index contributed by atoms with van der Waals surface area (Å²) in [6.07, 6.45) is -4.44. The van der Waals surface area contributed by atoms with Crippen LogP contribution in [0.4, 0.5) is 13.2 Å². The van der Waals surface area contributed by atoms with Crippen LogP contribution in [0.25, 0.3) is 11.1 Å². The number of methoxy groups -OCH3 is 1. The number of alkyl halides is 3. The highest BCUT2D eigenvalue weighted by atomic mass is 35.5. The average molecular weight is 316 g/mol. The second kappa shape index (κ2) is 5.73. The number of carbonyl (C=O) groups excluding carboxylic acids is 1. The van der Waals surface area contributed by atoms with Gasteiger partial charge in [-0.1, -0.05) is 23.7 Å². The quantitative estimate of drug-likeness (QED) is 0.615. The number of halogens is 4. The lowest BCUT2D eigenvalue weighted by molar-refractivity contribution is -0.137. The average Bonchev–Trinajstić information content (AvgIpc) is 2.45. The second-order valence-electron chi connectivity index (χ2n) is 4.11. The molecule has 0 atom stereocenters. The molecule has 2 rings (SSSR count). The number of benzene rings is 1. The summed E-state index contributed by atoms with van der Waals surface area (Å²) < 4.78 is 42.6. The zero-order valence-electron chi connectivity index (χ0n) is 10.7. The predicted octanol–water partition coefficient (Wildman–Crippen LogP) is 4.21. The first-order chi connectivity index (χ1) is 9.82. The summed E-state index contributed by atoms with van der Waals surface area (Å²) >= 11 is 5.93. The van der Waals surface area contributed by atoms with Crippen molar-refractivity contribution in [3.05, 3.63) is 52.8 Å². The monoisotopic (exact) mass is 315 g/mol. The van der Waals surface area contributed by atoms with Gasteiger partial charge in [-0.25, -0.2) is 9.78 Å². The van der Waals surface area contributed by atoms with Crippen molar-refractivity contribution in [2.45, 2.75) is 6.18 Å². The molecule has 2 aromatic rings. The van der Waals surface area contributed by atoms with E-state index in [9.17, 15) is 18.0 Å². The molecular weight excluding hydrogens is 307 g/mol. The van der Waals surface area contributed by atoms with Crippen LogP contribution in [-0.2, 0) is 10.9 Å². The van der Waals surface area contributed by atoms with Crippen molar-refractivity contribution in [3.8, 4) is 11.1 Å². The molecule has 21 heavy (non-hydrogen) atoms. The fourth-order valence-electron chi connectivity index (χ4n) is 1.73. The molecule has 0 aliphatic heterocycles. The molecule has 1 heterocycles. The number of aromatic nitrogens is 1. The van der Waals surface area contributed by atoms with Crippen molar-refractivity contribution in [2.24, 2.45) is 0 Å². The molecule has 1 aromatic heterocycles. The van der Waals surface area contributed by atoms with Gasteiger partial charge in [-0.15, -0.1) is 0 Å². The number of ether oxygens (including phenoxy) is 1. The topological polar surface area (TPSA) is 39.2 Å². The molecule has 110 valence electrons. The Bertz CT molecular complexity index is 686. The number of pyridine rings is 1. The minimum Gasteiger partial charge on any atom is -0.464 e. The van der Waals surface area contributed by atoms with Crippen molar-refractivity contribution in [1.82, 2.24) is 4.98 Å². The molecular formula is C14H9ClF3NO2. The first kappa shape index (κ1) is 15.3. The summed E-state index contributed by atoms with van der Waals surface area (Å²) in [6.45, 7) is 0. The number of hydrogen-bond donors (Lipinski definition) is 0. The first-order valence-electron chi connectivity index (χ1n) is 5.75. The standard InChI is InChI=1S/C14H9ClF3NO2/c1-21-13(20)11-6-5-10(12(15)19-11)8-3-2-4-9(7-8)14(16,17)18/h2-7H,1H3. The van der Waals surface area contributed by atoms with E-state index >= 15 is 0 Å². The lowest BCUT2D eigenvalue weighted by Crippen LogP contribution is -2.05. The van der Waals surface area contributed by atoms with Crippen LogP contribution in [0.15, 0.2) is 36.4 Å². The Balaban J connectivity index is 2.46. The Labute approximate surface area is 123 Å². The highest BCUT2D eigenvalue weighted by Crippen LogP contribution is 2.33. The Morgan fingerprint density at radius 3 is 2.52 bits per heavy atom. The summed E-state index contributed by atoms with van der Waals surface area (Å²) in [5, 5.41) is -0.0720. The lowest BCUT2D eigenvalue weighted by Gasteiger charge is -2.10. The number of rotatable bonds is 2. The van der Waals surface area contributed by atoms with Crippen LogP contribution >= 0.6 is 11.6 Å². The van der Waals surface area contributed by atoms with Gasteiger partial charge in [0.05, 0.1) is 12.7 Å². The first-order valence-corrected chi connectivity index (χ1v) is 6.13. The molecule has 1 aromatic carbocycles. The third-order valence-corrected chi connectivity index (χ3v) is 3.03. The Morgan fingerprint density at radius 2 is 1.95 bits per heavy atom. The maximum Gasteiger partial charge on any atom is 0.416 e. The van der Waals surface area contributed by atoms with Crippen molar-refractivity contribution in [3.63, 3.8) is 0 Å². The third kappa shape index (κ3) is 3.33. The molecule has 0 unspecified atom stereocenters. The lowest BCUT2D eigenvalue weighted by atomic mass is 10.0. The van der Waals surface area contributed by atoms with Gasteiger partial charge >= 0.3 is 12.1 Å². The van der Waals surface area contributed by atoms with Gasteiger partial charge in [0.1, 0.15) is 10.8 Å². The smallest absolute Gasteiger partial charge is 0.416 e. The van der Waals surface area contributed by atoms with Crippen LogP contribution in [-0.4, -0.2) is 18.1 Å². The van der Waals surface area contributed by atoms with Crippen LogP contribution < -0.4 is 0 Å². The van der Waals surface area contributed by atoms with Gasteiger partial charge < -0.3 is 4.74 Å². The fourth-order valence-corrected chi connectivity index (χ4v) is 1.99. The number of nitrogens with zero attached hydrogens (tertiary/aromatic N) is 1. The Morgan fingerprint density at radius 1 is 1.24 bits per heavy atom. The van der Waals surface area contributed by atoms with Crippen LogP contribution in [0, 0.1) is 0 Å². The van der Waals surface area contributed by atoms with E-state index < -0.39 is 17.7 Å². The van der Waals surface area contributed by atoms with Crippen molar-refractivity contribution in [2.75, 3.05) is 7.11 Å². The summed E-state index contributed by atoms with van der Waals surface area (Å²) in [5.41, 5.74) is -0.236. The van der Waals surface area contributed by atoms with Gasteiger partial charge in [0.2, 0.25) is 0 Å². The Kier molecular flexibility index (Phi) is 4.18. The molecule has 0 N–H and O–H groups in total. The predicted molar refractivity (Wildman–Crippen MR) is 71.0 cm³/mol. The van der Waals surface area contributed by atoms with Crippen molar-refractivity contribution < 1.29 is 22.7 Å². The van der Waals surface area contributed by atoms with Crippen LogP contribution in [0.3, 0.4) is 0 Å². The number of esters is 1. The summed E-state index contributed by atoms with van der Waals surface area (Å²) in [5.74, 6) is -0.674. The summed E-state index contributed by atoms with van der Waals surface area (Å²) in [7, 11) is 1.19. The molecule has 0 saturated carbocycles.